The summed E-state index contributed by atoms with van der Waals surface area (Å²) in [6, 6.07) is 11.1. The van der Waals surface area contributed by atoms with Crippen LogP contribution in [0.2, 0.25) is 5.02 Å². The summed E-state index contributed by atoms with van der Waals surface area (Å²) in [6.07, 6.45) is 3.24. The van der Waals surface area contributed by atoms with Crippen molar-refractivity contribution in [1.29, 1.82) is 0 Å². The molecule has 1 atom stereocenters. The summed E-state index contributed by atoms with van der Waals surface area (Å²) in [7, 11) is -3.82. The van der Waals surface area contributed by atoms with E-state index in [9.17, 15) is 18.0 Å². The lowest BCUT2D eigenvalue weighted by molar-refractivity contribution is -0.143. The van der Waals surface area contributed by atoms with Crippen LogP contribution in [0.15, 0.2) is 53.4 Å². The molecular formula is C20H19ClN2O5S. The highest BCUT2D eigenvalue weighted by Crippen LogP contribution is 2.33. The van der Waals surface area contributed by atoms with Crippen molar-refractivity contribution in [3.05, 3.63) is 64.7 Å². The van der Waals surface area contributed by atoms with Crippen LogP contribution < -0.4 is 10.0 Å². The Morgan fingerprint density at radius 1 is 1.28 bits per heavy atom. The number of amides is 1. The molecule has 2 aromatic carbocycles. The zero-order chi connectivity index (χ0) is 21.2. The molecule has 152 valence electrons. The number of sulfonamides is 1. The quantitative estimate of drug-likeness (QED) is 0.574. The maximum absolute atomic E-state index is 12.6. The molecule has 3 rings (SSSR count). The number of nitrogens with two attached hydrogens (primary N) is 1. The van der Waals surface area contributed by atoms with Gasteiger partial charge in [-0.3, -0.25) is 4.79 Å². The van der Waals surface area contributed by atoms with Crippen LogP contribution in [0.5, 0.6) is 0 Å². The molecule has 0 saturated heterocycles. The number of benzene rings is 2. The number of fused-ring (bicyclic) bond motifs is 1. The summed E-state index contributed by atoms with van der Waals surface area (Å²) < 4.78 is 28.1. The number of esters is 1. The lowest BCUT2D eigenvalue weighted by Crippen LogP contribution is -2.38. The molecule has 0 fully saturated rings. The van der Waals surface area contributed by atoms with Gasteiger partial charge < -0.3 is 9.64 Å². The molecule has 9 heteroatoms. The summed E-state index contributed by atoms with van der Waals surface area (Å²) >= 11 is 5.88. The average molecular weight is 435 g/mol. The van der Waals surface area contributed by atoms with Gasteiger partial charge in [0.1, 0.15) is 0 Å². The molecule has 2 N–H and O–H groups in total. The number of ether oxygens (including phenoxy) is 1. The van der Waals surface area contributed by atoms with Gasteiger partial charge in [-0.15, -0.1) is 0 Å². The van der Waals surface area contributed by atoms with Crippen molar-refractivity contribution >= 4 is 45.3 Å². The standard InChI is InChI=1S/C20H19ClN2O5S/c1-13-9-15-11-17(29(22,26)27)6-7-18(15)23(13)19(24)12-28-20(25)8-5-14-3-2-4-16(21)10-14/h2-8,10-11,13H,9,12H2,1H3,(H2,22,26,27)/b8-5+. The fraction of sp³-hybridized carbons (Fsp3) is 0.200. The molecule has 1 amide bonds. The van der Waals surface area contributed by atoms with Crippen molar-refractivity contribution in [2.45, 2.75) is 24.3 Å². The van der Waals surface area contributed by atoms with Gasteiger partial charge in [-0.05, 0) is 60.9 Å². The molecule has 0 bridgehead atoms. The molecule has 0 radical (unpaired) electrons. The van der Waals surface area contributed by atoms with E-state index in [1.807, 2.05) is 6.92 Å². The number of halogens is 1. The van der Waals surface area contributed by atoms with E-state index in [-0.39, 0.29) is 10.9 Å². The third kappa shape index (κ3) is 5.03. The minimum Gasteiger partial charge on any atom is -0.452 e. The summed E-state index contributed by atoms with van der Waals surface area (Å²) in [5.74, 6) is -1.06. The zero-order valence-electron chi connectivity index (χ0n) is 15.5. The van der Waals surface area contributed by atoms with Crippen LogP contribution in [0.1, 0.15) is 18.1 Å². The monoisotopic (exact) mass is 434 g/mol. The number of nitrogens with zero attached hydrogens (tertiary/aromatic N) is 1. The van der Waals surface area contributed by atoms with E-state index < -0.39 is 28.5 Å². The summed E-state index contributed by atoms with van der Waals surface area (Å²) in [5.41, 5.74) is 2.01. The second kappa shape index (κ2) is 8.36. The Hall–Kier alpha value is -2.68. The Morgan fingerprint density at radius 3 is 2.72 bits per heavy atom. The van der Waals surface area contributed by atoms with E-state index in [0.29, 0.717) is 22.7 Å². The van der Waals surface area contributed by atoms with E-state index in [1.165, 1.54) is 29.2 Å². The largest absolute Gasteiger partial charge is 0.452 e. The van der Waals surface area contributed by atoms with Gasteiger partial charge in [0.15, 0.2) is 6.61 Å². The highest BCUT2D eigenvalue weighted by molar-refractivity contribution is 7.89. The first-order chi connectivity index (χ1) is 13.6. The first kappa shape index (κ1) is 21.0. The van der Waals surface area contributed by atoms with Crippen molar-refractivity contribution in [2.75, 3.05) is 11.5 Å². The van der Waals surface area contributed by atoms with Crippen LogP contribution in [-0.4, -0.2) is 32.9 Å². The summed E-state index contributed by atoms with van der Waals surface area (Å²) in [6.45, 7) is 1.40. The number of carbonyl (C=O) groups is 2. The molecule has 1 heterocycles. The van der Waals surface area contributed by atoms with E-state index in [4.69, 9.17) is 21.5 Å². The molecular weight excluding hydrogens is 416 g/mol. The smallest absolute Gasteiger partial charge is 0.331 e. The molecule has 0 saturated carbocycles. The van der Waals surface area contributed by atoms with Gasteiger partial charge in [0, 0.05) is 22.8 Å². The number of rotatable bonds is 5. The maximum Gasteiger partial charge on any atom is 0.331 e. The topological polar surface area (TPSA) is 107 Å². The maximum atomic E-state index is 12.6. The second-order valence-corrected chi connectivity index (χ2v) is 8.65. The highest BCUT2D eigenvalue weighted by Gasteiger charge is 2.32. The van der Waals surface area contributed by atoms with Crippen LogP contribution in [-0.2, 0) is 30.8 Å². The van der Waals surface area contributed by atoms with Crippen molar-refractivity contribution in [2.24, 2.45) is 5.14 Å². The summed E-state index contributed by atoms with van der Waals surface area (Å²) in [5, 5.41) is 5.70. The Morgan fingerprint density at radius 2 is 2.03 bits per heavy atom. The normalized spacial score (nSPS) is 16.1. The molecule has 0 aromatic heterocycles. The Kier molecular flexibility index (Phi) is 6.07. The van der Waals surface area contributed by atoms with E-state index in [2.05, 4.69) is 0 Å². The molecule has 29 heavy (non-hydrogen) atoms. The van der Waals surface area contributed by atoms with Gasteiger partial charge in [-0.1, -0.05) is 23.7 Å². The molecule has 0 aliphatic carbocycles. The van der Waals surface area contributed by atoms with E-state index in [1.54, 1.807) is 30.3 Å². The van der Waals surface area contributed by atoms with Gasteiger partial charge in [-0.2, -0.15) is 0 Å². The predicted octanol–water partition coefficient (Wildman–Crippen LogP) is 2.52. The molecule has 1 aliphatic rings. The Balaban J connectivity index is 1.65. The number of anilines is 1. The van der Waals surface area contributed by atoms with Crippen LogP contribution >= 0.6 is 11.6 Å². The van der Waals surface area contributed by atoms with Crippen molar-refractivity contribution in [1.82, 2.24) is 0 Å². The SMILES string of the molecule is CC1Cc2cc(S(N)(=O)=O)ccc2N1C(=O)COC(=O)/C=C/c1cccc(Cl)c1. The van der Waals surface area contributed by atoms with E-state index in [0.717, 1.165) is 5.56 Å². The predicted molar refractivity (Wildman–Crippen MR) is 110 cm³/mol. The summed E-state index contributed by atoms with van der Waals surface area (Å²) in [4.78, 5) is 26.0. The van der Waals surface area contributed by atoms with E-state index >= 15 is 0 Å². The van der Waals surface area contributed by atoms with Crippen LogP contribution in [0.3, 0.4) is 0 Å². The lowest BCUT2D eigenvalue weighted by atomic mass is 10.1. The van der Waals surface area contributed by atoms with Gasteiger partial charge in [0.2, 0.25) is 10.0 Å². The van der Waals surface area contributed by atoms with Gasteiger partial charge in [0.25, 0.3) is 5.91 Å². The second-order valence-electron chi connectivity index (χ2n) is 6.65. The highest BCUT2D eigenvalue weighted by atomic mass is 35.5. The van der Waals surface area contributed by atoms with Crippen LogP contribution in [0, 0.1) is 0 Å². The zero-order valence-corrected chi connectivity index (χ0v) is 17.1. The minimum absolute atomic E-state index is 0.00432. The minimum atomic E-state index is -3.82. The Bertz CT molecular complexity index is 1100. The van der Waals surface area contributed by atoms with Gasteiger partial charge >= 0.3 is 5.97 Å². The van der Waals surface area contributed by atoms with Crippen molar-refractivity contribution in [3.8, 4) is 0 Å². The first-order valence-corrected chi connectivity index (χ1v) is 10.7. The fourth-order valence-electron chi connectivity index (χ4n) is 3.19. The number of carbonyl (C=O) groups excluding carboxylic acids is 2. The van der Waals surface area contributed by atoms with Gasteiger partial charge in [-0.25, -0.2) is 18.4 Å². The molecule has 0 spiro atoms. The van der Waals surface area contributed by atoms with Crippen LogP contribution in [0.4, 0.5) is 5.69 Å². The van der Waals surface area contributed by atoms with Crippen LogP contribution in [0.25, 0.3) is 6.08 Å². The third-order valence-corrected chi connectivity index (χ3v) is 5.61. The van der Waals surface area contributed by atoms with Gasteiger partial charge in [0.05, 0.1) is 4.90 Å². The number of primary sulfonamides is 1. The molecule has 1 aliphatic heterocycles. The lowest BCUT2D eigenvalue weighted by Gasteiger charge is -2.22. The first-order valence-electron chi connectivity index (χ1n) is 8.73. The third-order valence-electron chi connectivity index (χ3n) is 4.46. The Labute approximate surface area is 173 Å². The number of hydrogen-bond donors (Lipinski definition) is 1. The molecule has 1 unspecified atom stereocenters. The van der Waals surface area contributed by atoms with Crippen molar-refractivity contribution < 1.29 is 22.7 Å². The van der Waals surface area contributed by atoms with Crippen molar-refractivity contribution in [3.63, 3.8) is 0 Å². The molecule has 7 nitrogen and oxygen atoms in total. The number of hydrogen-bond acceptors (Lipinski definition) is 5. The fourth-order valence-corrected chi connectivity index (χ4v) is 3.95. The molecule has 2 aromatic rings. The average Bonchev–Trinajstić information content (AvgIpc) is 2.98.